The van der Waals surface area contributed by atoms with Crippen molar-refractivity contribution in [3.05, 3.63) is 63.1 Å². The molecule has 0 heterocycles. The highest BCUT2D eigenvalue weighted by atomic mass is 35.5. The van der Waals surface area contributed by atoms with Gasteiger partial charge >= 0.3 is 0 Å². The predicted molar refractivity (Wildman–Crippen MR) is 138 cm³/mol. The van der Waals surface area contributed by atoms with E-state index in [-0.39, 0.29) is 24.2 Å². The summed E-state index contributed by atoms with van der Waals surface area (Å²) < 4.78 is 26.0. The smallest absolute Gasteiger partial charge is 0.244 e. The number of hydrogen-bond donors (Lipinski definition) is 1. The van der Waals surface area contributed by atoms with E-state index < -0.39 is 28.5 Å². The second-order valence-electron chi connectivity index (χ2n) is 7.97. The van der Waals surface area contributed by atoms with Gasteiger partial charge in [-0.15, -0.1) is 0 Å². The number of nitrogens with one attached hydrogen (secondary N) is 1. The first-order valence-corrected chi connectivity index (χ1v) is 13.6. The topological polar surface area (TPSA) is 86.8 Å². The zero-order chi connectivity index (χ0) is 25.6. The quantitative estimate of drug-likeness (QED) is 0.464. The van der Waals surface area contributed by atoms with Gasteiger partial charge in [0.05, 0.1) is 11.9 Å². The maximum atomic E-state index is 13.5. The Bertz CT molecular complexity index is 1120. The SMILES string of the molecule is CC[C@@H](C)NC(=O)[C@H](C)N(Cc1c(Cl)cccc1Cl)C(=O)CN(c1cccc(Cl)c1)S(C)(=O)=O. The molecule has 2 amide bonds. The first kappa shape index (κ1) is 28.2. The van der Waals surface area contributed by atoms with Crippen LogP contribution in [0.1, 0.15) is 32.8 Å². The monoisotopic (exact) mass is 547 g/mol. The normalized spacial score (nSPS) is 13.1. The van der Waals surface area contributed by atoms with E-state index in [0.29, 0.717) is 27.1 Å². The molecule has 0 aromatic heterocycles. The molecule has 0 aliphatic rings. The molecule has 2 atom stereocenters. The molecule has 0 saturated carbocycles. The molecule has 0 radical (unpaired) electrons. The second-order valence-corrected chi connectivity index (χ2v) is 11.1. The van der Waals surface area contributed by atoms with Crippen molar-refractivity contribution in [2.45, 2.75) is 45.8 Å². The lowest BCUT2D eigenvalue weighted by Gasteiger charge is -2.32. The van der Waals surface area contributed by atoms with Gasteiger partial charge in [0.2, 0.25) is 21.8 Å². The van der Waals surface area contributed by atoms with Crippen LogP contribution in [-0.4, -0.2) is 50.0 Å². The summed E-state index contributed by atoms with van der Waals surface area (Å²) in [6.07, 6.45) is 1.70. The lowest BCUT2D eigenvalue weighted by molar-refractivity contribution is -0.139. The van der Waals surface area contributed by atoms with Crippen LogP contribution < -0.4 is 9.62 Å². The third kappa shape index (κ3) is 7.50. The van der Waals surface area contributed by atoms with Gasteiger partial charge in [0.15, 0.2) is 0 Å². The van der Waals surface area contributed by atoms with E-state index in [4.69, 9.17) is 34.8 Å². The van der Waals surface area contributed by atoms with Crippen LogP contribution in [0.15, 0.2) is 42.5 Å². The van der Waals surface area contributed by atoms with Crippen LogP contribution in [0.25, 0.3) is 0 Å². The average Bonchev–Trinajstić information content (AvgIpc) is 2.75. The summed E-state index contributed by atoms with van der Waals surface area (Å²) >= 11 is 18.7. The minimum Gasteiger partial charge on any atom is -0.352 e. The van der Waals surface area contributed by atoms with Gasteiger partial charge in [-0.3, -0.25) is 13.9 Å². The van der Waals surface area contributed by atoms with E-state index in [2.05, 4.69) is 5.32 Å². The first-order chi connectivity index (χ1) is 15.8. The molecule has 0 aliphatic carbocycles. The molecular weight excluding hydrogens is 521 g/mol. The summed E-state index contributed by atoms with van der Waals surface area (Å²) in [5.41, 5.74) is 0.687. The minimum atomic E-state index is -3.85. The highest BCUT2D eigenvalue weighted by Gasteiger charge is 2.31. The van der Waals surface area contributed by atoms with Gasteiger partial charge in [0.25, 0.3) is 0 Å². The number of hydrogen-bond acceptors (Lipinski definition) is 4. The zero-order valence-corrected chi connectivity index (χ0v) is 22.5. The van der Waals surface area contributed by atoms with Crippen molar-refractivity contribution in [1.82, 2.24) is 10.2 Å². The van der Waals surface area contributed by atoms with Crippen molar-refractivity contribution in [1.29, 1.82) is 0 Å². The molecule has 0 saturated heterocycles. The number of benzene rings is 2. The number of carbonyl (C=O) groups is 2. The van der Waals surface area contributed by atoms with Crippen molar-refractivity contribution in [3.8, 4) is 0 Å². The molecule has 0 fully saturated rings. The predicted octanol–water partition coefficient (Wildman–Crippen LogP) is 4.74. The van der Waals surface area contributed by atoms with Crippen LogP contribution >= 0.6 is 34.8 Å². The van der Waals surface area contributed by atoms with E-state index in [9.17, 15) is 18.0 Å². The van der Waals surface area contributed by atoms with Crippen LogP contribution in [0, 0.1) is 0 Å². The van der Waals surface area contributed by atoms with Crippen LogP contribution in [0.3, 0.4) is 0 Å². The molecule has 7 nitrogen and oxygen atoms in total. The van der Waals surface area contributed by atoms with Crippen molar-refractivity contribution in [2.75, 3.05) is 17.1 Å². The van der Waals surface area contributed by atoms with Gasteiger partial charge in [-0.2, -0.15) is 0 Å². The molecule has 2 aromatic rings. The molecule has 186 valence electrons. The van der Waals surface area contributed by atoms with Crippen molar-refractivity contribution >= 4 is 62.3 Å². The molecule has 11 heteroatoms. The maximum Gasteiger partial charge on any atom is 0.244 e. The standard InChI is InChI=1S/C23H28Cl3N3O4S/c1-5-15(2)27-23(31)16(3)28(13-19-20(25)10-7-11-21(19)26)22(30)14-29(34(4,32)33)18-9-6-8-17(24)12-18/h6-12,15-16H,5,13-14H2,1-4H3,(H,27,31)/t15-,16+/m1/s1. The number of amides is 2. The Balaban J connectivity index is 2.45. The maximum absolute atomic E-state index is 13.5. The summed E-state index contributed by atoms with van der Waals surface area (Å²) in [7, 11) is -3.85. The summed E-state index contributed by atoms with van der Waals surface area (Å²) in [6.45, 7) is 4.73. The summed E-state index contributed by atoms with van der Waals surface area (Å²) in [5.74, 6) is -0.979. The van der Waals surface area contributed by atoms with Crippen LogP contribution in [0.4, 0.5) is 5.69 Å². The summed E-state index contributed by atoms with van der Waals surface area (Å²) in [5, 5.41) is 3.83. The Morgan fingerprint density at radius 2 is 1.62 bits per heavy atom. The fourth-order valence-electron chi connectivity index (χ4n) is 3.15. The number of sulfonamides is 1. The third-order valence-corrected chi connectivity index (χ3v) is 7.42. The lowest BCUT2D eigenvalue weighted by Crippen LogP contribution is -2.52. The molecular formula is C23H28Cl3N3O4S. The van der Waals surface area contributed by atoms with E-state index in [0.717, 1.165) is 10.6 Å². The van der Waals surface area contributed by atoms with E-state index in [1.807, 2.05) is 13.8 Å². The minimum absolute atomic E-state index is 0.0837. The number of carbonyl (C=O) groups excluding carboxylic acids is 2. The van der Waals surface area contributed by atoms with Crippen LogP contribution in [0.2, 0.25) is 15.1 Å². The Labute approximate surface area is 216 Å². The third-order valence-electron chi connectivity index (χ3n) is 5.33. The van der Waals surface area contributed by atoms with E-state index >= 15 is 0 Å². The van der Waals surface area contributed by atoms with Gasteiger partial charge in [-0.1, -0.05) is 53.9 Å². The van der Waals surface area contributed by atoms with Gasteiger partial charge in [0, 0.05) is 33.2 Å². The van der Waals surface area contributed by atoms with E-state index in [1.165, 1.54) is 17.0 Å². The number of halogens is 3. The lowest BCUT2D eigenvalue weighted by atomic mass is 10.1. The molecule has 2 rings (SSSR count). The Kier molecular flexibility index (Phi) is 10.1. The van der Waals surface area contributed by atoms with Gasteiger partial charge in [0.1, 0.15) is 12.6 Å². The van der Waals surface area contributed by atoms with E-state index in [1.54, 1.807) is 37.3 Å². The number of nitrogens with zero attached hydrogens (tertiary/aromatic N) is 2. The Morgan fingerprint density at radius 1 is 1.03 bits per heavy atom. The van der Waals surface area contributed by atoms with Gasteiger partial charge in [-0.25, -0.2) is 8.42 Å². The first-order valence-electron chi connectivity index (χ1n) is 10.6. The highest BCUT2D eigenvalue weighted by molar-refractivity contribution is 7.92. The summed E-state index contributed by atoms with van der Waals surface area (Å²) in [4.78, 5) is 27.7. The van der Waals surface area contributed by atoms with Crippen LogP contribution in [-0.2, 0) is 26.2 Å². The molecule has 34 heavy (non-hydrogen) atoms. The molecule has 0 spiro atoms. The Morgan fingerprint density at radius 3 is 2.15 bits per heavy atom. The molecule has 0 aliphatic heterocycles. The highest BCUT2D eigenvalue weighted by Crippen LogP contribution is 2.27. The fraction of sp³-hybridized carbons (Fsp3) is 0.391. The van der Waals surface area contributed by atoms with Crippen molar-refractivity contribution in [3.63, 3.8) is 0 Å². The van der Waals surface area contributed by atoms with Crippen molar-refractivity contribution < 1.29 is 18.0 Å². The van der Waals surface area contributed by atoms with Crippen LogP contribution in [0.5, 0.6) is 0 Å². The molecule has 2 aromatic carbocycles. The summed E-state index contributed by atoms with van der Waals surface area (Å²) in [6, 6.07) is 10.1. The Hall–Kier alpha value is -2.00. The largest absolute Gasteiger partial charge is 0.352 e. The molecule has 1 N–H and O–H groups in total. The number of anilines is 1. The number of rotatable bonds is 10. The second kappa shape index (κ2) is 12.1. The van der Waals surface area contributed by atoms with Gasteiger partial charge in [-0.05, 0) is 50.6 Å². The molecule has 0 bridgehead atoms. The molecule has 0 unspecified atom stereocenters. The van der Waals surface area contributed by atoms with Crippen molar-refractivity contribution in [2.24, 2.45) is 0 Å². The fourth-order valence-corrected chi connectivity index (χ4v) is 4.69. The zero-order valence-electron chi connectivity index (χ0n) is 19.4. The average molecular weight is 549 g/mol. The van der Waals surface area contributed by atoms with Gasteiger partial charge < -0.3 is 10.2 Å².